The molecule has 8 heteroatoms. The first kappa shape index (κ1) is 15.4. The minimum absolute atomic E-state index is 0.0728. The Hall–Kier alpha value is -1.70. The Morgan fingerprint density at radius 1 is 1.47 bits per heavy atom. The SMILES string of the molecule is CN(CCC(N)=NO)C(=O)c1c(F)cc(Br)cc1F. The summed E-state index contributed by atoms with van der Waals surface area (Å²) in [5, 5.41) is 11.1. The summed E-state index contributed by atoms with van der Waals surface area (Å²) in [6.07, 6.45) is 0.0957. The lowest BCUT2D eigenvalue weighted by Crippen LogP contribution is -2.31. The average molecular weight is 336 g/mol. The van der Waals surface area contributed by atoms with Gasteiger partial charge in [0, 0.05) is 24.5 Å². The van der Waals surface area contributed by atoms with Crippen molar-refractivity contribution in [3.05, 3.63) is 33.8 Å². The molecule has 0 heterocycles. The molecule has 0 aliphatic rings. The van der Waals surface area contributed by atoms with E-state index in [0.717, 1.165) is 17.0 Å². The zero-order valence-electron chi connectivity index (χ0n) is 10.0. The summed E-state index contributed by atoms with van der Waals surface area (Å²) in [6, 6.07) is 2.02. The second-order valence-electron chi connectivity index (χ2n) is 3.81. The summed E-state index contributed by atoms with van der Waals surface area (Å²) >= 11 is 2.93. The fourth-order valence-electron chi connectivity index (χ4n) is 1.37. The summed E-state index contributed by atoms with van der Waals surface area (Å²) in [7, 11) is 1.37. The number of oxime groups is 1. The number of benzene rings is 1. The van der Waals surface area contributed by atoms with Gasteiger partial charge in [-0.15, -0.1) is 0 Å². The molecule has 0 unspecified atom stereocenters. The van der Waals surface area contributed by atoms with Crippen molar-refractivity contribution >= 4 is 27.7 Å². The van der Waals surface area contributed by atoms with Gasteiger partial charge in [-0.05, 0) is 12.1 Å². The summed E-state index contributed by atoms with van der Waals surface area (Å²) in [5.41, 5.74) is 4.61. The zero-order chi connectivity index (χ0) is 14.6. The Morgan fingerprint density at radius 3 is 2.47 bits per heavy atom. The predicted octanol–water partition coefficient (Wildman–Crippen LogP) is 1.94. The maximum absolute atomic E-state index is 13.6. The van der Waals surface area contributed by atoms with Crippen LogP contribution in [0.3, 0.4) is 0 Å². The summed E-state index contributed by atoms with van der Waals surface area (Å²) in [6.45, 7) is 0.0731. The van der Waals surface area contributed by atoms with Gasteiger partial charge in [-0.1, -0.05) is 21.1 Å². The number of carbonyl (C=O) groups is 1. The Morgan fingerprint density at radius 2 is 2.00 bits per heavy atom. The van der Waals surface area contributed by atoms with Crippen LogP contribution in [0.2, 0.25) is 0 Å². The standard InChI is InChI=1S/C11H12BrF2N3O2/c1-17(3-2-9(15)16-19)11(18)10-7(13)4-6(12)5-8(10)14/h4-5,19H,2-3H2,1H3,(H2,15,16). The van der Waals surface area contributed by atoms with Crippen LogP contribution in [-0.4, -0.2) is 35.4 Å². The van der Waals surface area contributed by atoms with Gasteiger partial charge < -0.3 is 15.8 Å². The number of nitrogens with two attached hydrogens (primary N) is 1. The van der Waals surface area contributed by atoms with Crippen molar-refractivity contribution in [2.45, 2.75) is 6.42 Å². The second kappa shape index (κ2) is 6.46. The molecule has 0 atom stereocenters. The van der Waals surface area contributed by atoms with Gasteiger partial charge in [-0.2, -0.15) is 0 Å². The van der Waals surface area contributed by atoms with Gasteiger partial charge in [-0.25, -0.2) is 8.78 Å². The van der Waals surface area contributed by atoms with E-state index >= 15 is 0 Å². The quantitative estimate of drug-likeness (QED) is 0.382. The maximum Gasteiger partial charge on any atom is 0.259 e. The van der Waals surface area contributed by atoms with E-state index in [1.807, 2.05) is 0 Å². The Bertz CT molecular complexity index is 500. The molecule has 1 amide bonds. The number of hydrogen-bond acceptors (Lipinski definition) is 3. The average Bonchev–Trinajstić information content (AvgIpc) is 2.33. The van der Waals surface area contributed by atoms with Crippen LogP contribution in [0.4, 0.5) is 8.78 Å². The molecule has 5 nitrogen and oxygen atoms in total. The molecule has 1 aromatic carbocycles. The van der Waals surface area contributed by atoms with Crippen molar-refractivity contribution in [2.75, 3.05) is 13.6 Å². The fourth-order valence-corrected chi connectivity index (χ4v) is 1.77. The van der Waals surface area contributed by atoms with E-state index in [0.29, 0.717) is 0 Å². The number of halogens is 3. The highest BCUT2D eigenvalue weighted by molar-refractivity contribution is 9.10. The molecule has 0 bridgehead atoms. The molecule has 0 saturated carbocycles. The molecule has 1 rings (SSSR count). The Kier molecular flexibility index (Phi) is 5.22. The third-order valence-electron chi connectivity index (χ3n) is 2.40. The molecule has 1 aromatic rings. The first-order chi connectivity index (χ1) is 8.86. The highest BCUT2D eigenvalue weighted by atomic mass is 79.9. The van der Waals surface area contributed by atoms with Crippen molar-refractivity contribution in [1.82, 2.24) is 4.90 Å². The molecule has 3 N–H and O–H groups in total. The minimum atomic E-state index is -0.951. The molecule has 0 spiro atoms. The van der Waals surface area contributed by atoms with Gasteiger partial charge in [-0.3, -0.25) is 4.79 Å². The summed E-state index contributed by atoms with van der Waals surface area (Å²) < 4.78 is 27.4. The number of amides is 1. The van der Waals surface area contributed by atoms with Gasteiger partial charge in [0.25, 0.3) is 5.91 Å². The molecule has 104 valence electrons. The smallest absolute Gasteiger partial charge is 0.259 e. The molecule has 0 aliphatic heterocycles. The van der Waals surface area contributed by atoms with Crippen LogP contribution in [-0.2, 0) is 0 Å². The number of rotatable bonds is 4. The topological polar surface area (TPSA) is 78.9 Å². The molecule has 0 fully saturated rings. The monoisotopic (exact) mass is 335 g/mol. The number of hydrogen-bond donors (Lipinski definition) is 2. The van der Waals surface area contributed by atoms with Crippen molar-refractivity contribution in [1.29, 1.82) is 0 Å². The number of nitrogens with zero attached hydrogens (tertiary/aromatic N) is 2. The lowest BCUT2D eigenvalue weighted by Gasteiger charge is -2.17. The first-order valence-corrected chi connectivity index (χ1v) is 6.02. The van der Waals surface area contributed by atoms with Crippen LogP contribution in [0.1, 0.15) is 16.8 Å². The third-order valence-corrected chi connectivity index (χ3v) is 2.86. The highest BCUT2D eigenvalue weighted by Crippen LogP contribution is 2.20. The molecule has 0 radical (unpaired) electrons. The lowest BCUT2D eigenvalue weighted by molar-refractivity contribution is 0.0789. The van der Waals surface area contributed by atoms with Gasteiger partial charge in [0.1, 0.15) is 23.0 Å². The van der Waals surface area contributed by atoms with Crippen LogP contribution in [0.15, 0.2) is 21.8 Å². The highest BCUT2D eigenvalue weighted by Gasteiger charge is 2.21. The van der Waals surface area contributed by atoms with Crippen molar-refractivity contribution in [3.63, 3.8) is 0 Å². The number of carbonyl (C=O) groups excluding carboxylic acids is 1. The molecule has 0 aliphatic carbocycles. The minimum Gasteiger partial charge on any atom is -0.409 e. The molecular weight excluding hydrogens is 324 g/mol. The maximum atomic E-state index is 13.6. The predicted molar refractivity (Wildman–Crippen MR) is 69.0 cm³/mol. The van der Waals surface area contributed by atoms with Gasteiger partial charge in [0.2, 0.25) is 0 Å². The molecular formula is C11H12BrF2N3O2. The Balaban J connectivity index is 2.89. The van der Waals surface area contributed by atoms with Crippen LogP contribution < -0.4 is 5.73 Å². The largest absolute Gasteiger partial charge is 0.409 e. The van der Waals surface area contributed by atoms with E-state index in [9.17, 15) is 13.6 Å². The van der Waals surface area contributed by atoms with Crippen LogP contribution in [0, 0.1) is 11.6 Å². The van der Waals surface area contributed by atoms with E-state index < -0.39 is 23.1 Å². The molecule has 19 heavy (non-hydrogen) atoms. The van der Waals surface area contributed by atoms with Gasteiger partial charge >= 0.3 is 0 Å². The third kappa shape index (κ3) is 3.88. The van der Waals surface area contributed by atoms with E-state index in [1.54, 1.807) is 0 Å². The van der Waals surface area contributed by atoms with Crippen molar-refractivity contribution in [2.24, 2.45) is 10.9 Å². The normalized spacial score (nSPS) is 11.5. The summed E-state index contributed by atoms with van der Waals surface area (Å²) in [4.78, 5) is 13.0. The van der Waals surface area contributed by atoms with Crippen molar-refractivity contribution < 1.29 is 18.8 Å². The van der Waals surface area contributed by atoms with Crippen LogP contribution in [0.25, 0.3) is 0 Å². The van der Waals surface area contributed by atoms with Gasteiger partial charge in [0.15, 0.2) is 0 Å². The van der Waals surface area contributed by atoms with E-state index in [4.69, 9.17) is 10.9 Å². The van der Waals surface area contributed by atoms with Gasteiger partial charge in [0.05, 0.1) is 0 Å². The first-order valence-electron chi connectivity index (χ1n) is 5.23. The van der Waals surface area contributed by atoms with E-state index in [1.165, 1.54) is 7.05 Å². The van der Waals surface area contributed by atoms with Crippen LogP contribution >= 0.6 is 15.9 Å². The summed E-state index contributed by atoms with van der Waals surface area (Å²) in [5.74, 6) is -2.79. The molecule has 0 aromatic heterocycles. The molecule has 0 saturated heterocycles. The van der Waals surface area contributed by atoms with E-state index in [2.05, 4.69) is 21.1 Å². The lowest BCUT2D eigenvalue weighted by atomic mass is 10.1. The fraction of sp³-hybridized carbons (Fsp3) is 0.273. The Labute approximate surface area is 116 Å². The van der Waals surface area contributed by atoms with Crippen LogP contribution in [0.5, 0.6) is 0 Å². The zero-order valence-corrected chi connectivity index (χ0v) is 11.6. The van der Waals surface area contributed by atoms with Crippen molar-refractivity contribution in [3.8, 4) is 0 Å². The van der Waals surface area contributed by atoms with E-state index in [-0.39, 0.29) is 23.3 Å². The second-order valence-corrected chi connectivity index (χ2v) is 4.73. The number of amidine groups is 1.